The first-order valence-corrected chi connectivity index (χ1v) is 8.52. The number of sulfonamides is 1. The fraction of sp³-hybridized carbons (Fsp3) is 0.0714. The number of benzene rings is 2. The minimum absolute atomic E-state index is 0.0327. The van der Waals surface area contributed by atoms with Crippen LogP contribution in [0.5, 0.6) is 0 Å². The van der Waals surface area contributed by atoms with Gasteiger partial charge in [-0.25, -0.2) is 12.8 Å². The maximum Gasteiger partial charge on any atom is 0.258 e. The van der Waals surface area contributed by atoms with Crippen molar-refractivity contribution in [2.24, 2.45) is 0 Å². The molecule has 2 N–H and O–H groups in total. The molecular weight excluding hydrogens is 366 g/mol. The molecule has 0 heterocycles. The summed E-state index contributed by atoms with van der Waals surface area (Å²) in [4.78, 5) is 13.4. The van der Waals surface area contributed by atoms with Gasteiger partial charge in [0.15, 0.2) is 0 Å². The maximum absolute atomic E-state index is 12.8. The predicted octanol–water partition coefficient (Wildman–Crippen LogP) is 2.68. The average Bonchev–Trinajstić information content (AvgIpc) is 2.50. The molecule has 23 heavy (non-hydrogen) atoms. The zero-order valence-electron chi connectivity index (χ0n) is 11.5. The second-order valence-corrected chi connectivity index (χ2v) is 7.03. The van der Waals surface area contributed by atoms with Gasteiger partial charge in [-0.2, -0.15) is 0 Å². The third-order valence-electron chi connectivity index (χ3n) is 2.79. The SMILES string of the molecule is O=C(Cc1ccc(F)cc1)NNS(=O)(=O)c1cc(Cl)ccc1Cl. The first kappa shape index (κ1) is 17.7. The van der Waals surface area contributed by atoms with Crippen molar-refractivity contribution < 1.29 is 17.6 Å². The van der Waals surface area contributed by atoms with Crippen molar-refractivity contribution in [2.75, 3.05) is 0 Å². The van der Waals surface area contributed by atoms with Crippen LogP contribution in [0, 0.1) is 5.82 Å². The van der Waals surface area contributed by atoms with E-state index in [2.05, 4.69) is 5.43 Å². The largest absolute Gasteiger partial charge is 0.277 e. The Hall–Kier alpha value is -1.67. The minimum Gasteiger partial charge on any atom is -0.277 e. The number of halogens is 3. The van der Waals surface area contributed by atoms with Crippen LogP contribution in [0.25, 0.3) is 0 Å². The van der Waals surface area contributed by atoms with Crippen LogP contribution in [-0.4, -0.2) is 14.3 Å². The van der Waals surface area contributed by atoms with Gasteiger partial charge in [0.2, 0.25) is 5.91 Å². The van der Waals surface area contributed by atoms with Gasteiger partial charge >= 0.3 is 0 Å². The third-order valence-corrected chi connectivity index (χ3v) is 4.75. The van der Waals surface area contributed by atoms with Crippen LogP contribution in [0.15, 0.2) is 47.4 Å². The molecule has 0 spiro atoms. The number of carbonyl (C=O) groups excluding carboxylic acids is 1. The molecule has 0 saturated heterocycles. The number of hydrogen-bond acceptors (Lipinski definition) is 3. The van der Waals surface area contributed by atoms with Crippen LogP contribution in [0.1, 0.15) is 5.56 Å². The van der Waals surface area contributed by atoms with Crippen molar-refractivity contribution in [1.82, 2.24) is 10.3 Å². The lowest BCUT2D eigenvalue weighted by molar-refractivity contribution is -0.120. The summed E-state index contributed by atoms with van der Waals surface area (Å²) >= 11 is 11.6. The lowest BCUT2D eigenvalue weighted by Crippen LogP contribution is -2.42. The van der Waals surface area contributed by atoms with Gasteiger partial charge in [0.05, 0.1) is 11.4 Å². The first-order valence-electron chi connectivity index (χ1n) is 6.28. The molecule has 9 heteroatoms. The van der Waals surface area contributed by atoms with Gasteiger partial charge in [-0.3, -0.25) is 10.2 Å². The topological polar surface area (TPSA) is 75.3 Å². The molecule has 5 nitrogen and oxygen atoms in total. The molecule has 0 atom stereocenters. The van der Waals surface area contributed by atoms with Crippen LogP contribution >= 0.6 is 23.2 Å². The summed E-state index contributed by atoms with van der Waals surface area (Å²) in [5, 5.41) is 0.155. The van der Waals surface area contributed by atoms with Crippen LogP contribution in [0.4, 0.5) is 4.39 Å². The van der Waals surface area contributed by atoms with Crippen LogP contribution in [-0.2, 0) is 21.2 Å². The minimum atomic E-state index is -4.07. The van der Waals surface area contributed by atoms with Gasteiger partial charge in [-0.1, -0.05) is 35.3 Å². The molecule has 0 fully saturated rings. The van der Waals surface area contributed by atoms with E-state index in [-0.39, 0.29) is 21.4 Å². The van der Waals surface area contributed by atoms with Crippen LogP contribution in [0.3, 0.4) is 0 Å². The number of rotatable bonds is 5. The second kappa shape index (κ2) is 7.27. The molecular formula is C14H11Cl2FN2O3S. The summed E-state index contributed by atoms with van der Waals surface area (Å²) in [5.74, 6) is -1.04. The van der Waals surface area contributed by atoms with Crippen molar-refractivity contribution in [2.45, 2.75) is 11.3 Å². The Bertz CT molecular complexity index is 826. The lowest BCUT2D eigenvalue weighted by Gasteiger charge is -2.10. The van der Waals surface area contributed by atoms with Crippen molar-refractivity contribution in [1.29, 1.82) is 0 Å². The highest BCUT2D eigenvalue weighted by Crippen LogP contribution is 2.24. The zero-order chi connectivity index (χ0) is 17.0. The monoisotopic (exact) mass is 376 g/mol. The molecule has 0 bridgehead atoms. The number of carbonyl (C=O) groups is 1. The number of hydrogen-bond donors (Lipinski definition) is 2. The number of amides is 1. The third kappa shape index (κ3) is 4.90. The molecule has 0 aliphatic heterocycles. The molecule has 0 aromatic heterocycles. The summed E-state index contributed by atoms with van der Waals surface area (Å²) in [5.41, 5.74) is 2.59. The Morgan fingerprint density at radius 1 is 1.09 bits per heavy atom. The van der Waals surface area contributed by atoms with E-state index in [1.807, 2.05) is 4.83 Å². The summed E-state index contributed by atoms with van der Waals surface area (Å²) in [6, 6.07) is 9.21. The summed E-state index contributed by atoms with van der Waals surface area (Å²) < 4.78 is 36.9. The molecule has 0 aliphatic rings. The van der Waals surface area contributed by atoms with E-state index < -0.39 is 21.7 Å². The highest BCUT2D eigenvalue weighted by Gasteiger charge is 2.19. The second-order valence-electron chi connectivity index (χ2n) is 4.53. The Morgan fingerprint density at radius 3 is 2.39 bits per heavy atom. The molecule has 0 aliphatic carbocycles. The Balaban J connectivity index is 2.02. The molecule has 2 aromatic rings. The van der Waals surface area contributed by atoms with E-state index in [0.717, 1.165) is 0 Å². The molecule has 2 rings (SSSR count). The Kier molecular flexibility index (Phi) is 5.59. The summed E-state index contributed by atoms with van der Waals surface area (Å²) in [7, 11) is -4.07. The average molecular weight is 377 g/mol. The van der Waals surface area contributed by atoms with Crippen molar-refractivity contribution in [3.63, 3.8) is 0 Å². The summed E-state index contributed by atoms with van der Waals surface area (Å²) in [6.07, 6.45) is -0.119. The van der Waals surface area contributed by atoms with Gasteiger partial charge in [0.25, 0.3) is 10.0 Å². The van der Waals surface area contributed by atoms with Crippen molar-refractivity contribution in [3.05, 3.63) is 63.9 Å². The highest BCUT2D eigenvalue weighted by atomic mass is 35.5. The fourth-order valence-corrected chi connectivity index (χ4v) is 3.32. The normalized spacial score (nSPS) is 11.3. The molecule has 1 amide bonds. The van der Waals surface area contributed by atoms with E-state index in [1.165, 1.54) is 42.5 Å². The molecule has 0 unspecified atom stereocenters. The molecule has 0 radical (unpaired) electrons. The van der Waals surface area contributed by atoms with E-state index in [4.69, 9.17) is 23.2 Å². The maximum atomic E-state index is 12.8. The first-order chi connectivity index (χ1) is 10.8. The highest BCUT2D eigenvalue weighted by molar-refractivity contribution is 7.89. The zero-order valence-corrected chi connectivity index (χ0v) is 13.8. The van der Waals surface area contributed by atoms with Crippen LogP contribution in [0.2, 0.25) is 10.0 Å². The van der Waals surface area contributed by atoms with Gasteiger partial charge in [0, 0.05) is 5.02 Å². The van der Waals surface area contributed by atoms with E-state index in [0.29, 0.717) is 5.56 Å². The standard InChI is InChI=1S/C14H11Cl2FN2O3S/c15-10-3-6-12(16)13(8-10)23(21,22)19-18-14(20)7-9-1-4-11(17)5-2-9/h1-6,8,19H,7H2,(H,18,20). The number of hydrazine groups is 1. The molecule has 0 saturated carbocycles. The number of nitrogens with one attached hydrogen (secondary N) is 2. The lowest BCUT2D eigenvalue weighted by atomic mass is 10.1. The van der Waals surface area contributed by atoms with E-state index >= 15 is 0 Å². The fourth-order valence-electron chi connectivity index (χ4n) is 1.69. The van der Waals surface area contributed by atoms with Gasteiger partial charge in [-0.15, -0.1) is 4.83 Å². The van der Waals surface area contributed by atoms with Gasteiger partial charge in [0.1, 0.15) is 10.7 Å². The quantitative estimate of drug-likeness (QED) is 0.787. The predicted molar refractivity (Wildman–Crippen MR) is 85.0 cm³/mol. The van der Waals surface area contributed by atoms with Crippen molar-refractivity contribution in [3.8, 4) is 0 Å². The van der Waals surface area contributed by atoms with E-state index in [9.17, 15) is 17.6 Å². The Labute approximate surface area is 142 Å². The summed E-state index contributed by atoms with van der Waals surface area (Å²) in [6.45, 7) is 0. The van der Waals surface area contributed by atoms with Gasteiger partial charge in [-0.05, 0) is 35.9 Å². The Morgan fingerprint density at radius 2 is 1.74 bits per heavy atom. The van der Waals surface area contributed by atoms with Crippen molar-refractivity contribution >= 4 is 39.1 Å². The molecule has 122 valence electrons. The smallest absolute Gasteiger partial charge is 0.258 e. The molecule has 2 aromatic carbocycles. The van der Waals surface area contributed by atoms with Gasteiger partial charge < -0.3 is 0 Å². The van der Waals surface area contributed by atoms with Crippen LogP contribution < -0.4 is 10.3 Å². The van der Waals surface area contributed by atoms with E-state index in [1.54, 1.807) is 0 Å².